The number of nitrogens with zero attached hydrogens (tertiary/aromatic N) is 3. The number of hydrogen-bond acceptors (Lipinski definition) is 3. The van der Waals surface area contributed by atoms with Crippen LogP contribution < -0.4 is 5.32 Å². The van der Waals surface area contributed by atoms with E-state index in [9.17, 15) is 18.0 Å². The zero-order valence-corrected chi connectivity index (χ0v) is 14.0. The third kappa shape index (κ3) is 3.74. The van der Waals surface area contributed by atoms with Crippen molar-refractivity contribution in [2.24, 2.45) is 7.05 Å². The number of carbonyl (C=O) groups excluding carboxylic acids is 1. The van der Waals surface area contributed by atoms with Crippen molar-refractivity contribution in [2.45, 2.75) is 13.1 Å². The molecule has 5 nitrogen and oxygen atoms in total. The Morgan fingerprint density at radius 3 is 2.77 bits per heavy atom. The Kier molecular flexibility index (Phi) is 4.50. The zero-order chi connectivity index (χ0) is 18.9. The molecule has 2 aromatic heterocycles. The van der Waals surface area contributed by atoms with Crippen molar-refractivity contribution in [3.63, 3.8) is 0 Å². The molecule has 1 N–H and O–H groups in total. The number of benzene rings is 1. The van der Waals surface area contributed by atoms with Gasteiger partial charge in [0.05, 0.1) is 23.1 Å². The van der Waals surface area contributed by atoms with Crippen LogP contribution in [0.1, 0.15) is 16.8 Å². The molecule has 0 radical (unpaired) electrons. The van der Waals surface area contributed by atoms with Gasteiger partial charge in [-0.25, -0.2) is 4.98 Å². The van der Waals surface area contributed by atoms with Gasteiger partial charge in [0.15, 0.2) is 5.65 Å². The second kappa shape index (κ2) is 6.62. The van der Waals surface area contributed by atoms with Gasteiger partial charge in [-0.05, 0) is 36.8 Å². The van der Waals surface area contributed by atoms with Gasteiger partial charge < -0.3 is 5.32 Å². The minimum Gasteiger partial charge on any atom is -0.321 e. The summed E-state index contributed by atoms with van der Waals surface area (Å²) in [5.41, 5.74) is 1.48. The number of rotatable bonds is 3. The van der Waals surface area contributed by atoms with Crippen molar-refractivity contribution in [3.8, 4) is 0 Å². The highest BCUT2D eigenvalue weighted by atomic mass is 19.4. The molecule has 134 valence electrons. The fourth-order valence-corrected chi connectivity index (χ4v) is 2.55. The Hall–Kier alpha value is -3.16. The monoisotopic (exact) mass is 360 g/mol. The van der Waals surface area contributed by atoms with Gasteiger partial charge in [-0.3, -0.25) is 9.48 Å². The summed E-state index contributed by atoms with van der Waals surface area (Å²) in [4.78, 5) is 16.3. The number of alkyl halides is 3. The molecule has 0 atom stereocenters. The van der Waals surface area contributed by atoms with Gasteiger partial charge in [0.25, 0.3) is 0 Å². The average Bonchev–Trinajstić information content (AvgIpc) is 2.86. The first-order valence-corrected chi connectivity index (χ1v) is 7.70. The number of aromatic nitrogens is 3. The SMILES string of the molecule is Cc1nn(C)c2ncc(NC(=O)/C=C/c3cccc(C(F)(F)F)c3)cc12. The summed E-state index contributed by atoms with van der Waals surface area (Å²) >= 11 is 0. The van der Waals surface area contributed by atoms with E-state index in [1.807, 2.05) is 6.92 Å². The number of halogens is 3. The van der Waals surface area contributed by atoms with Gasteiger partial charge in [-0.15, -0.1) is 0 Å². The second-order valence-electron chi connectivity index (χ2n) is 5.75. The number of carbonyl (C=O) groups is 1. The van der Waals surface area contributed by atoms with E-state index in [2.05, 4.69) is 15.4 Å². The second-order valence-corrected chi connectivity index (χ2v) is 5.75. The molecule has 0 saturated heterocycles. The lowest BCUT2D eigenvalue weighted by Crippen LogP contribution is -2.08. The van der Waals surface area contributed by atoms with Crippen LogP contribution in [-0.2, 0) is 18.0 Å². The number of amides is 1. The van der Waals surface area contributed by atoms with Crippen LogP contribution in [0.2, 0.25) is 0 Å². The molecule has 2 heterocycles. The van der Waals surface area contributed by atoms with Gasteiger partial charge in [0, 0.05) is 18.5 Å². The van der Waals surface area contributed by atoms with Crippen LogP contribution in [0.5, 0.6) is 0 Å². The lowest BCUT2D eigenvalue weighted by Gasteiger charge is -2.06. The minimum absolute atomic E-state index is 0.284. The molecule has 1 aromatic carbocycles. The average molecular weight is 360 g/mol. The molecule has 0 spiro atoms. The fourth-order valence-electron chi connectivity index (χ4n) is 2.55. The molecular weight excluding hydrogens is 345 g/mol. The van der Waals surface area contributed by atoms with Crippen molar-refractivity contribution in [1.82, 2.24) is 14.8 Å². The number of hydrogen-bond donors (Lipinski definition) is 1. The molecule has 0 bridgehead atoms. The third-order valence-electron chi connectivity index (χ3n) is 3.77. The van der Waals surface area contributed by atoms with Gasteiger partial charge >= 0.3 is 6.18 Å². The summed E-state index contributed by atoms with van der Waals surface area (Å²) in [6, 6.07) is 6.50. The predicted molar refractivity (Wildman–Crippen MR) is 92.4 cm³/mol. The maximum Gasteiger partial charge on any atom is 0.416 e. The molecule has 8 heteroatoms. The highest BCUT2D eigenvalue weighted by molar-refractivity contribution is 6.02. The van der Waals surface area contributed by atoms with Crippen molar-refractivity contribution in [1.29, 1.82) is 0 Å². The summed E-state index contributed by atoms with van der Waals surface area (Å²) in [6.07, 6.45) is -0.421. The van der Waals surface area contributed by atoms with Crippen LogP contribution in [0, 0.1) is 6.92 Å². The number of aryl methyl sites for hydroxylation is 2. The number of pyridine rings is 1. The lowest BCUT2D eigenvalue weighted by molar-refractivity contribution is -0.137. The van der Waals surface area contributed by atoms with Crippen LogP contribution in [-0.4, -0.2) is 20.7 Å². The van der Waals surface area contributed by atoms with Gasteiger partial charge in [-0.1, -0.05) is 12.1 Å². The summed E-state index contributed by atoms with van der Waals surface area (Å²) in [6.45, 7) is 1.84. The van der Waals surface area contributed by atoms with Crippen LogP contribution in [0.4, 0.5) is 18.9 Å². The Labute approximate surface area is 147 Å². The van der Waals surface area contributed by atoms with Crippen LogP contribution in [0.25, 0.3) is 17.1 Å². The van der Waals surface area contributed by atoms with E-state index in [-0.39, 0.29) is 5.56 Å². The van der Waals surface area contributed by atoms with Crippen molar-refractivity contribution < 1.29 is 18.0 Å². The topological polar surface area (TPSA) is 59.8 Å². The van der Waals surface area contributed by atoms with Gasteiger partial charge in [0.2, 0.25) is 5.91 Å². The maximum absolute atomic E-state index is 12.7. The van der Waals surface area contributed by atoms with Gasteiger partial charge in [-0.2, -0.15) is 18.3 Å². The molecule has 0 aliphatic rings. The largest absolute Gasteiger partial charge is 0.416 e. The Bertz CT molecular complexity index is 1010. The van der Waals surface area contributed by atoms with E-state index < -0.39 is 17.6 Å². The molecule has 0 saturated carbocycles. The smallest absolute Gasteiger partial charge is 0.321 e. The Morgan fingerprint density at radius 1 is 1.27 bits per heavy atom. The number of nitrogens with one attached hydrogen (secondary N) is 1. The molecule has 3 rings (SSSR count). The van der Waals surface area contributed by atoms with E-state index >= 15 is 0 Å². The minimum atomic E-state index is -4.42. The molecule has 26 heavy (non-hydrogen) atoms. The molecule has 3 aromatic rings. The highest BCUT2D eigenvalue weighted by Gasteiger charge is 2.30. The Balaban J connectivity index is 1.75. The fraction of sp³-hybridized carbons (Fsp3) is 0.167. The first-order valence-electron chi connectivity index (χ1n) is 7.70. The molecule has 0 fully saturated rings. The highest BCUT2D eigenvalue weighted by Crippen LogP contribution is 2.29. The standard InChI is InChI=1S/C18H15F3N4O/c1-11-15-9-14(10-22-17(15)25(2)24-11)23-16(26)7-6-12-4-3-5-13(8-12)18(19,20)21/h3-10H,1-2H3,(H,23,26)/b7-6+. The third-order valence-corrected chi connectivity index (χ3v) is 3.77. The molecule has 0 aliphatic heterocycles. The zero-order valence-electron chi connectivity index (χ0n) is 14.0. The summed E-state index contributed by atoms with van der Waals surface area (Å²) in [5.74, 6) is -0.467. The molecule has 0 unspecified atom stereocenters. The predicted octanol–water partition coefficient (Wildman–Crippen LogP) is 3.95. The van der Waals surface area contributed by atoms with E-state index in [4.69, 9.17) is 0 Å². The van der Waals surface area contributed by atoms with Gasteiger partial charge in [0.1, 0.15) is 0 Å². The van der Waals surface area contributed by atoms with Crippen molar-refractivity contribution >= 4 is 28.7 Å². The van der Waals surface area contributed by atoms with Crippen molar-refractivity contribution in [2.75, 3.05) is 5.32 Å². The van der Waals surface area contributed by atoms with E-state index in [1.54, 1.807) is 17.8 Å². The first-order chi connectivity index (χ1) is 12.2. The van der Waals surface area contributed by atoms with Crippen LogP contribution in [0.15, 0.2) is 42.6 Å². The normalized spacial score (nSPS) is 12.0. The number of fused-ring (bicyclic) bond motifs is 1. The van der Waals surface area contributed by atoms with Crippen LogP contribution in [0.3, 0.4) is 0 Å². The summed E-state index contributed by atoms with van der Waals surface area (Å²) in [5, 5.41) is 7.70. The summed E-state index contributed by atoms with van der Waals surface area (Å²) < 4.78 is 39.7. The molecule has 1 amide bonds. The van der Waals surface area contributed by atoms with E-state index in [1.165, 1.54) is 30.5 Å². The maximum atomic E-state index is 12.7. The quantitative estimate of drug-likeness (QED) is 0.720. The van der Waals surface area contributed by atoms with E-state index in [0.717, 1.165) is 23.2 Å². The summed E-state index contributed by atoms with van der Waals surface area (Å²) in [7, 11) is 1.78. The Morgan fingerprint density at radius 2 is 2.04 bits per heavy atom. The first kappa shape index (κ1) is 17.7. The van der Waals surface area contributed by atoms with E-state index in [0.29, 0.717) is 11.3 Å². The number of anilines is 1. The molecular formula is C18H15F3N4O. The lowest BCUT2D eigenvalue weighted by atomic mass is 10.1. The van der Waals surface area contributed by atoms with Crippen molar-refractivity contribution in [3.05, 3.63) is 59.4 Å². The van der Waals surface area contributed by atoms with Crippen LogP contribution >= 0.6 is 0 Å². The molecule has 0 aliphatic carbocycles.